The maximum atomic E-state index is 13.7. The number of nitrogens with zero attached hydrogens (tertiary/aromatic N) is 2. The number of likely N-dealkylation sites (tertiary alicyclic amines) is 1. The zero-order valence-corrected chi connectivity index (χ0v) is 22.9. The number of carbonyl (C=O) groups excluding carboxylic acids is 4. The Bertz CT molecular complexity index is 1280. The maximum absolute atomic E-state index is 13.7. The Morgan fingerprint density at radius 1 is 1.14 bits per heavy atom. The lowest BCUT2D eigenvalue weighted by Crippen LogP contribution is -2.57. The van der Waals surface area contributed by atoms with E-state index in [-0.39, 0.29) is 18.5 Å². The van der Waals surface area contributed by atoms with Crippen LogP contribution in [0, 0.1) is 23.2 Å². The molecule has 2 N–H and O–H groups in total. The molecule has 5 atom stereocenters. The Labute approximate surface area is 240 Å². The third kappa shape index (κ3) is 6.35. The second-order valence-electron chi connectivity index (χ2n) is 11.1. The van der Waals surface area contributed by atoms with Gasteiger partial charge in [-0.25, -0.2) is 9.40 Å². The van der Waals surface area contributed by atoms with Crippen molar-refractivity contribution in [3.05, 3.63) is 41.0 Å². The molecule has 1 aromatic carbocycles. The van der Waals surface area contributed by atoms with E-state index in [0.717, 1.165) is 17.1 Å². The van der Waals surface area contributed by atoms with Gasteiger partial charge in [0.05, 0.1) is 23.6 Å². The molecule has 4 rings (SSSR count). The minimum atomic E-state index is -5.08. The van der Waals surface area contributed by atoms with Crippen LogP contribution in [0.2, 0.25) is 0 Å². The molecular weight excluding hydrogens is 601 g/mol. The highest BCUT2D eigenvalue weighted by Crippen LogP contribution is 2.64. The minimum Gasteiger partial charge on any atom is -0.356 e. The van der Waals surface area contributed by atoms with Gasteiger partial charge in [-0.2, -0.15) is 26.3 Å². The summed E-state index contributed by atoms with van der Waals surface area (Å²) in [7, 11) is 0. The SMILES string of the molecule is CC1(C)[C@@H]2[C@@H](C(=O)NN(C[C@@H]3CCNC3=O)C(=O)C(F)Cl)N(C(=O)/C=C/c3cc(C(F)(F)F)cc(C(F)(F)F)c3)C[C@@H]21. The molecule has 2 aliphatic heterocycles. The molecule has 1 aliphatic carbocycles. The van der Waals surface area contributed by atoms with Gasteiger partial charge in [0.1, 0.15) is 6.04 Å². The van der Waals surface area contributed by atoms with Gasteiger partial charge in [-0.05, 0) is 53.5 Å². The third-order valence-corrected chi connectivity index (χ3v) is 8.24. The summed E-state index contributed by atoms with van der Waals surface area (Å²) in [5.41, 5.74) is -4.36. The number of carbonyl (C=O) groups is 4. The second-order valence-corrected chi connectivity index (χ2v) is 11.4. The molecule has 0 spiro atoms. The van der Waals surface area contributed by atoms with Crippen molar-refractivity contribution >= 4 is 41.3 Å². The van der Waals surface area contributed by atoms with Crippen LogP contribution in [-0.2, 0) is 31.5 Å². The number of benzene rings is 1. The van der Waals surface area contributed by atoms with E-state index < -0.39 is 88.1 Å². The molecule has 2 saturated heterocycles. The molecule has 8 nitrogen and oxygen atoms in total. The first-order valence-electron chi connectivity index (χ1n) is 12.8. The highest BCUT2D eigenvalue weighted by molar-refractivity contribution is 6.29. The van der Waals surface area contributed by atoms with Crippen LogP contribution >= 0.6 is 11.6 Å². The number of amides is 4. The molecule has 2 heterocycles. The van der Waals surface area contributed by atoms with Crippen molar-refractivity contribution in [3.8, 4) is 0 Å². The van der Waals surface area contributed by atoms with E-state index in [9.17, 15) is 49.9 Å². The Balaban J connectivity index is 1.57. The molecule has 16 heteroatoms. The van der Waals surface area contributed by atoms with Crippen molar-refractivity contribution in [2.45, 2.75) is 44.3 Å². The molecule has 4 amide bonds. The van der Waals surface area contributed by atoms with Gasteiger partial charge in [-0.1, -0.05) is 25.4 Å². The monoisotopic (exact) mass is 626 g/mol. The van der Waals surface area contributed by atoms with Gasteiger partial charge in [0, 0.05) is 19.2 Å². The average molecular weight is 627 g/mol. The van der Waals surface area contributed by atoms with E-state index >= 15 is 0 Å². The van der Waals surface area contributed by atoms with Crippen LogP contribution in [0.4, 0.5) is 30.7 Å². The summed E-state index contributed by atoms with van der Waals surface area (Å²) in [6, 6.07) is -0.345. The molecule has 0 aromatic heterocycles. The second kappa shape index (κ2) is 11.0. The zero-order chi connectivity index (χ0) is 31.4. The van der Waals surface area contributed by atoms with Gasteiger partial charge in [0.15, 0.2) is 0 Å². The molecule has 3 fully saturated rings. The van der Waals surface area contributed by atoms with Crippen molar-refractivity contribution in [2.24, 2.45) is 23.2 Å². The summed E-state index contributed by atoms with van der Waals surface area (Å²) in [5.74, 6) is -4.87. The largest absolute Gasteiger partial charge is 0.416 e. The van der Waals surface area contributed by atoms with E-state index in [1.54, 1.807) is 0 Å². The Morgan fingerprint density at radius 3 is 2.24 bits per heavy atom. The first-order valence-corrected chi connectivity index (χ1v) is 13.2. The van der Waals surface area contributed by atoms with E-state index in [1.807, 2.05) is 13.8 Å². The van der Waals surface area contributed by atoms with Crippen molar-refractivity contribution in [3.63, 3.8) is 0 Å². The predicted octanol–water partition coefficient (Wildman–Crippen LogP) is 3.75. The topological polar surface area (TPSA) is 98.8 Å². The molecule has 1 aromatic rings. The lowest BCUT2D eigenvalue weighted by molar-refractivity contribution is -0.148. The van der Waals surface area contributed by atoms with Crippen LogP contribution in [0.5, 0.6) is 0 Å². The van der Waals surface area contributed by atoms with E-state index in [4.69, 9.17) is 11.6 Å². The predicted molar refractivity (Wildman–Crippen MR) is 133 cm³/mol. The lowest BCUT2D eigenvalue weighted by Gasteiger charge is -2.32. The van der Waals surface area contributed by atoms with Gasteiger partial charge in [-0.3, -0.25) is 24.6 Å². The smallest absolute Gasteiger partial charge is 0.356 e. The number of rotatable bonds is 6. The zero-order valence-electron chi connectivity index (χ0n) is 22.2. The first kappa shape index (κ1) is 31.6. The van der Waals surface area contributed by atoms with Crippen molar-refractivity contribution < 1.29 is 49.9 Å². The number of piperidine rings is 1. The lowest BCUT2D eigenvalue weighted by atomic mass is 10.00. The molecule has 0 radical (unpaired) electrons. The highest BCUT2D eigenvalue weighted by Gasteiger charge is 2.69. The normalized spacial score (nSPS) is 25.7. The van der Waals surface area contributed by atoms with E-state index in [1.165, 1.54) is 0 Å². The van der Waals surface area contributed by atoms with Crippen LogP contribution in [0.1, 0.15) is 37.0 Å². The van der Waals surface area contributed by atoms with Gasteiger partial charge >= 0.3 is 12.4 Å². The molecule has 3 aliphatic rings. The van der Waals surface area contributed by atoms with Crippen molar-refractivity contribution in [1.82, 2.24) is 20.7 Å². The Morgan fingerprint density at radius 2 is 1.74 bits per heavy atom. The molecule has 1 saturated carbocycles. The summed E-state index contributed by atoms with van der Waals surface area (Å²) in [4.78, 5) is 52.0. The molecule has 0 bridgehead atoms. The molecule has 1 unspecified atom stereocenters. The average Bonchev–Trinajstić information content (AvgIpc) is 3.23. The van der Waals surface area contributed by atoms with Crippen molar-refractivity contribution in [1.29, 1.82) is 0 Å². The third-order valence-electron chi connectivity index (χ3n) is 8.05. The van der Waals surface area contributed by atoms with Gasteiger partial charge in [0.25, 0.3) is 17.4 Å². The number of nitrogens with one attached hydrogen (secondary N) is 2. The standard InChI is InChI=1S/C26H26ClF7N4O4/c1-24(2)16-11-37(17(39)4-3-12-7-14(25(29,30)31)9-15(8-12)26(32,33)34)19(18(16)24)22(41)36-38(23(42)20(27)28)10-13-5-6-35-21(13)40/h3-4,7-9,13,16,18-20H,5-6,10-11H2,1-2H3,(H,35,40)(H,36,41)/b4-3+/t13-,16-,18-,19-,20?/m0/s1. The number of hydrazine groups is 1. The number of halogens is 8. The fourth-order valence-corrected chi connectivity index (χ4v) is 5.82. The van der Waals surface area contributed by atoms with E-state index in [0.29, 0.717) is 30.1 Å². The van der Waals surface area contributed by atoms with Crippen LogP contribution < -0.4 is 10.7 Å². The number of fused-ring (bicyclic) bond motifs is 1. The molecule has 42 heavy (non-hydrogen) atoms. The summed E-state index contributed by atoms with van der Waals surface area (Å²) in [6.07, 6.45) is -8.31. The van der Waals surface area contributed by atoms with Gasteiger partial charge in [0.2, 0.25) is 11.8 Å². The Kier molecular flexibility index (Phi) is 8.30. The van der Waals surface area contributed by atoms with E-state index in [2.05, 4.69) is 10.7 Å². The molecule has 230 valence electrons. The van der Waals surface area contributed by atoms with Gasteiger partial charge < -0.3 is 10.2 Å². The number of alkyl halides is 8. The summed E-state index contributed by atoms with van der Waals surface area (Å²) in [5, 5.41) is 3.13. The maximum Gasteiger partial charge on any atom is 0.416 e. The van der Waals surface area contributed by atoms with Crippen molar-refractivity contribution in [2.75, 3.05) is 19.6 Å². The molecular formula is C26H26ClF7N4O4. The number of hydrogen-bond donors (Lipinski definition) is 2. The van der Waals surface area contributed by atoms with Gasteiger partial charge in [-0.15, -0.1) is 0 Å². The summed E-state index contributed by atoms with van der Waals surface area (Å²) < 4.78 is 93.0. The first-order chi connectivity index (χ1) is 19.3. The highest BCUT2D eigenvalue weighted by atomic mass is 35.5. The quantitative estimate of drug-likeness (QED) is 0.218. The minimum absolute atomic E-state index is 0.0372. The number of hydrogen-bond acceptors (Lipinski definition) is 4. The van der Waals surface area contributed by atoms with Crippen LogP contribution in [-0.4, -0.2) is 64.8 Å². The fraction of sp³-hybridized carbons (Fsp3) is 0.538. The van der Waals surface area contributed by atoms with Crippen LogP contribution in [0.15, 0.2) is 24.3 Å². The van der Waals surface area contributed by atoms with Crippen LogP contribution in [0.3, 0.4) is 0 Å². The van der Waals surface area contributed by atoms with Crippen LogP contribution in [0.25, 0.3) is 6.08 Å². The summed E-state index contributed by atoms with van der Waals surface area (Å²) in [6.45, 7) is 3.63. The fourth-order valence-electron chi connectivity index (χ4n) is 5.70. The Hall–Kier alpha value is -3.36. The summed E-state index contributed by atoms with van der Waals surface area (Å²) >= 11 is 5.30.